The van der Waals surface area contributed by atoms with E-state index in [0.29, 0.717) is 6.54 Å². The van der Waals surface area contributed by atoms with Crippen LogP contribution in [0.2, 0.25) is 0 Å². The van der Waals surface area contributed by atoms with Crippen LogP contribution in [0.4, 0.5) is 11.4 Å². The van der Waals surface area contributed by atoms with E-state index in [4.69, 9.17) is 5.11 Å². The third-order valence-electron chi connectivity index (χ3n) is 3.88. The molecule has 0 spiro atoms. The van der Waals surface area contributed by atoms with Crippen LogP contribution in [0.3, 0.4) is 0 Å². The second kappa shape index (κ2) is 8.00. The lowest BCUT2D eigenvalue weighted by molar-refractivity contribution is -0.118. The van der Waals surface area contributed by atoms with Crippen LogP contribution in [0.25, 0.3) is 0 Å². The van der Waals surface area contributed by atoms with Gasteiger partial charge in [-0.3, -0.25) is 4.79 Å². The van der Waals surface area contributed by atoms with Crippen molar-refractivity contribution in [3.05, 3.63) is 24.3 Å². The first-order valence-corrected chi connectivity index (χ1v) is 7.74. The van der Waals surface area contributed by atoms with Gasteiger partial charge >= 0.3 is 0 Å². The number of amides is 1. The number of likely N-dealkylation sites (N-methyl/N-ethyl adjacent to an activating group) is 1. The molecule has 3 N–H and O–H groups in total. The predicted octanol–water partition coefficient (Wildman–Crippen LogP) is 1.59. The predicted molar refractivity (Wildman–Crippen MR) is 85.7 cm³/mol. The Bertz CT molecular complexity index is 441. The molecule has 0 bridgehead atoms. The fraction of sp³-hybridized carbons (Fsp3) is 0.562. The lowest BCUT2D eigenvalue weighted by Crippen LogP contribution is -2.43. The number of nitrogens with zero attached hydrogens (tertiary/aromatic N) is 1. The van der Waals surface area contributed by atoms with E-state index in [9.17, 15) is 4.79 Å². The van der Waals surface area contributed by atoms with Gasteiger partial charge in [-0.1, -0.05) is 6.42 Å². The zero-order chi connectivity index (χ0) is 15.1. The highest BCUT2D eigenvalue weighted by Gasteiger charge is 2.20. The maximum Gasteiger partial charge on any atom is 0.241 e. The topological polar surface area (TPSA) is 64.6 Å². The zero-order valence-corrected chi connectivity index (χ0v) is 12.6. The minimum Gasteiger partial charge on any atom is -0.395 e. The van der Waals surface area contributed by atoms with Gasteiger partial charge in [0.15, 0.2) is 0 Å². The third kappa shape index (κ3) is 4.44. The quantitative estimate of drug-likeness (QED) is 0.745. The molecule has 1 saturated heterocycles. The van der Waals surface area contributed by atoms with Crippen LogP contribution in [0.15, 0.2) is 24.3 Å². The minimum absolute atomic E-state index is 0.0464. The van der Waals surface area contributed by atoms with E-state index in [1.54, 1.807) is 0 Å². The Hall–Kier alpha value is -1.59. The summed E-state index contributed by atoms with van der Waals surface area (Å²) in [5.41, 5.74) is 1.87. The van der Waals surface area contributed by atoms with E-state index in [0.717, 1.165) is 43.7 Å². The number of hydrogen-bond acceptors (Lipinski definition) is 4. The molecule has 1 fully saturated rings. The number of carbonyl (C=O) groups excluding carboxylic acids is 1. The third-order valence-corrected chi connectivity index (χ3v) is 3.88. The highest BCUT2D eigenvalue weighted by atomic mass is 16.3. The summed E-state index contributed by atoms with van der Waals surface area (Å²) in [6.45, 7) is 4.58. The van der Waals surface area contributed by atoms with E-state index < -0.39 is 0 Å². The van der Waals surface area contributed by atoms with Crippen molar-refractivity contribution in [3.63, 3.8) is 0 Å². The molecule has 0 saturated carbocycles. The van der Waals surface area contributed by atoms with Gasteiger partial charge in [-0.25, -0.2) is 0 Å². The molecule has 5 heteroatoms. The number of nitrogens with one attached hydrogen (secondary N) is 2. The van der Waals surface area contributed by atoms with Crippen molar-refractivity contribution in [3.8, 4) is 0 Å². The average molecular weight is 291 g/mol. The summed E-state index contributed by atoms with van der Waals surface area (Å²) in [5.74, 6) is 0.0464. The Morgan fingerprint density at radius 3 is 2.71 bits per heavy atom. The van der Waals surface area contributed by atoms with Crippen molar-refractivity contribution in [2.24, 2.45) is 0 Å². The SMILES string of the molecule is CCN(CCO)c1ccc(NC(=O)[C@@H]2CCCCN2)cc1. The Morgan fingerprint density at radius 1 is 1.38 bits per heavy atom. The standard InChI is InChI=1S/C16H25N3O2/c1-2-19(11-12-20)14-8-6-13(7-9-14)18-16(21)15-5-3-4-10-17-15/h6-9,15,17,20H,2-5,10-12H2,1H3,(H,18,21)/t15-/m0/s1. The molecule has 1 aliphatic rings. The number of aliphatic hydroxyl groups excluding tert-OH is 1. The second-order valence-corrected chi connectivity index (χ2v) is 5.34. The van der Waals surface area contributed by atoms with Crippen LogP contribution in [0, 0.1) is 0 Å². The van der Waals surface area contributed by atoms with Crippen LogP contribution < -0.4 is 15.5 Å². The highest BCUT2D eigenvalue weighted by Crippen LogP contribution is 2.18. The lowest BCUT2D eigenvalue weighted by Gasteiger charge is -2.23. The summed E-state index contributed by atoms with van der Waals surface area (Å²) in [5, 5.41) is 15.2. The van der Waals surface area contributed by atoms with Crippen molar-refractivity contribution in [2.45, 2.75) is 32.2 Å². The largest absolute Gasteiger partial charge is 0.395 e. The Balaban J connectivity index is 1.93. The number of aliphatic hydroxyl groups is 1. The molecule has 1 aromatic carbocycles. The minimum atomic E-state index is -0.0695. The summed E-state index contributed by atoms with van der Waals surface area (Å²) in [7, 11) is 0. The van der Waals surface area contributed by atoms with Gasteiger partial charge in [0.1, 0.15) is 0 Å². The first-order valence-electron chi connectivity index (χ1n) is 7.74. The van der Waals surface area contributed by atoms with Crippen molar-refractivity contribution in [2.75, 3.05) is 36.5 Å². The average Bonchev–Trinajstić information content (AvgIpc) is 2.54. The van der Waals surface area contributed by atoms with E-state index in [1.807, 2.05) is 24.3 Å². The maximum atomic E-state index is 12.1. The summed E-state index contributed by atoms with van der Waals surface area (Å²) >= 11 is 0. The van der Waals surface area contributed by atoms with Gasteiger partial charge in [-0.2, -0.15) is 0 Å². The fourth-order valence-corrected chi connectivity index (χ4v) is 2.65. The Labute approximate surface area is 126 Å². The van der Waals surface area contributed by atoms with Gasteiger partial charge in [0.05, 0.1) is 12.6 Å². The van der Waals surface area contributed by atoms with Crippen molar-refractivity contribution in [1.29, 1.82) is 0 Å². The van der Waals surface area contributed by atoms with Gasteiger partial charge in [0, 0.05) is 24.5 Å². The highest BCUT2D eigenvalue weighted by molar-refractivity contribution is 5.95. The molecule has 1 aromatic rings. The van der Waals surface area contributed by atoms with Crippen LogP contribution in [0.1, 0.15) is 26.2 Å². The molecule has 1 heterocycles. The van der Waals surface area contributed by atoms with Crippen molar-refractivity contribution < 1.29 is 9.90 Å². The first-order chi connectivity index (χ1) is 10.2. The molecule has 2 rings (SSSR count). The first kappa shape index (κ1) is 15.8. The molecule has 5 nitrogen and oxygen atoms in total. The molecule has 21 heavy (non-hydrogen) atoms. The smallest absolute Gasteiger partial charge is 0.241 e. The number of rotatable bonds is 6. The number of hydrogen-bond donors (Lipinski definition) is 3. The summed E-state index contributed by atoms with van der Waals surface area (Å²) in [6, 6.07) is 7.71. The van der Waals surface area contributed by atoms with Gasteiger partial charge < -0.3 is 20.6 Å². The molecule has 1 atom stereocenters. The van der Waals surface area contributed by atoms with Crippen molar-refractivity contribution in [1.82, 2.24) is 5.32 Å². The fourth-order valence-electron chi connectivity index (χ4n) is 2.65. The number of carbonyl (C=O) groups is 1. The number of benzene rings is 1. The summed E-state index contributed by atoms with van der Waals surface area (Å²) in [4.78, 5) is 14.2. The van der Waals surface area contributed by atoms with Crippen LogP contribution in [-0.2, 0) is 4.79 Å². The van der Waals surface area contributed by atoms with E-state index >= 15 is 0 Å². The molecule has 0 aliphatic carbocycles. The molecule has 0 radical (unpaired) electrons. The normalized spacial score (nSPS) is 18.3. The summed E-state index contributed by atoms with van der Waals surface area (Å²) in [6.07, 6.45) is 3.16. The van der Waals surface area contributed by atoms with Gasteiger partial charge in [0.2, 0.25) is 5.91 Å². The Morgan fingerprint density at radius 2 is 2.14 bits per heavy atom. The van der Waals surface area contributed by atoms with Crippen LogP contribution in [0.5, 0.6) is 0 Å². The van der Waals surface area contributed by atoms with Gasteiger partial charge in [-0.05, 0) is 50.6 Å². The molecule has 0 aromatic heterocycles. The summed E-state index contributed by atoms with van der Waals surface area (Å²) < 4.78 is 0. The monoisotopic (exact) mass is 291 g/mol. The molecular weight excluding hydrogens is 266 g/mol. The molecule has 1 amide bonds. The maximum absolute atomic E-state index is 12.1. The van der Waals surface area contributed by atoms with Crippen LogP contribution in [-0.4, -0.2) is 43.3 Å². The van der Waals surface area contributed by atoms with E-state index in [-0.39, 0.29) is 18.6 Å². The molecule has 0 unspecified atom stereocenters. The molecular formula is C16H25N3O2. The Kier molecular flexibility index (Phi) is 6.02. The van der Waals surface area contributed by atoms with E-state index in [2.05, 4.69) is 22.5 Å². The molecule has 116 valence electrons. The number of piperidine rings is 1. The second-order valence-electron chi connectivity index (χ2n) is 5.34. The number of anilines is 2. The van der Waals surface area contributed by atoms with Gasteiger partial charge in [0.25, 0.3) is 0 Å². The zero-order valence-electron chi connectivity index (χ0n) is 12.6. The van der Waals surface area contributed by atoms with E-state index in [1.165, 1.54) is 0 Å². The van der Waals surface area contributed by atoms with Crippen LogP contribution >= 0.6 is 0 Å². The van der Waals surface area contributed by atoms with Crippen molar-refractivity contribution >= 4 is 17.3 Å². The molecule has 1 aliphatic heterocycles. The van der Waals surface area contributed by atoms with Gasteiger partial charge in [-0.15, -0.1) is 0 Å². The lowest BCUT2D eigenvalue weighted by atomic mass is 10.0.